The van der Waals surface area contributed by atoms with Crippen LogP contribution in [0.25, 0.3) is 0 Å². The smallest absolute Gasteiger partial charge is 0.273 e. The fraction of sp³-hybridized carbons (Fsp3) is 0.471. The summed E-state index contributed by atoms with van der Waals surface area (Å²) in [6.07, 6.45) is 4.55. The third-order valence-electron chi connectivity index (χ3n) is 4.81. The summed E-state index contributed by atoms with van der Waals surface area (Å²) >= 11 is 0. The highest BCUT2D eigenvalue weighted by molar-refractivity contribution is 5.92. The van der Waals surface area contributed by atoms with Crippen LogP contribution < -0.4 is 10.6 Å². The Labute approximate surface area is 151 Å². The SMILES string of the molecule is Cl.O=C(NC1CC1c1cccc(F)c1)c1cn(C2CCNCC2)nn1. The molecule has 1 aromatic heterocycles. The molecule has 6 nitrogen and oxygen atoms in total. The van der Waals surface area contributed by atoms with Crippen LogP contribution >= 0.6 is 12.4 Å². The molecule has 2 unspecified atom stereocenters. The van der Waals surface area contributed by atoms with Crippen molar-refractivity contribution in [2.45, 2.75) is 37.3 Å². The van der Waals surface area contributed by atoms with Crippen molar-refractivity contribution >= 4 is 18.3 Å². The van der Waals surface area contributed by atoms with Gasteiger partial charge in [0.1, 0.15) is 5.82 Å². The molecule has 134 valence electrons. The highest BCUT2D eigenvalue weighted by Gasteiger charge is 2.40. The molecule has 2 atom stereocenters. The molecular weight excluding hydrogens is 345 g/mol. The number of nitrogens with one attached hydrogen (secondary N) is 2. The van der Waals surface area contributed by atoms with Crippen molar-refractivity contribution in [2.24, 2.45) is 0 Å². The van der Waals surface area contributed by atoms with Gasteiger partial charge in [0.05, 0.1) is 12.2 Å². The number of benzene rings is 1. The summed E-state index contributed by atoms with van der Waals surface area (Å²) in [6, 6.07) is 6.91. The maximum absolute atomic E-state index is 13.3. The maximum atomic E-state index is 13.3. The third-order valence-corrected chi connectivity index (χ3v) is 4.81. The van der Waals surface area contributed by atoms with Crippen molar-refractivity contribution in [2.75, 3.05) is 13.1 Å². The van der Waals surface area contributed by atoms with Gasteiger partial charge in [0.15, 0.2) is 5.69 Å². The lowest BCUT2D eigenvalue weighted by molar-refractivity contribution is 0.0945. The molecule has 1 saturated heterocycles. The van der Waals surface area contributed by atoms with Gasteiger partial charge in [-0.2, -0.15) is 0 Å². The number of aromatic nitrogens is 3. The molecule has 1 aliphatic carbocycles. The summed E-state index contributed by atoms with van der Waals surface area (Å²) in [5.74, 6) is -0.266. The highest BCUT2D eigenvalue weighted by atomic mass is 35.5. The van der Waals surface area contributed by atoms with E-state index in [0.29, 0.717) is 11.7 Å². The minimum atomic E-state index is -0.241. The van der Waals surface area contributed by atoms with Crippen molar-refractivity contribution in [3.05, 3.63) is 47.5 Å². The van der Waals surface area contributed by atoms with E-state index in [-0.39, 0.29) is 36.1 Å². The number of carbonyl (C=O) groups is 1. The predicted octanol–water partition coefficient (Wildman–Crippen LogP) is 2.05. The molecule has 2 aliphatic rings. The lowest BCUT2D eigenvalue weighted by Crippen LogP contribution is -2.29. The molecule has 1 saturated carbocycles. The lowest BCUT2D eigenvalue weighted by Gasteiger charge is -2.22. The molecule has 0 spiro atoms. The Morgan fingerprint density at radius 1 is 1.32 bits per heavy atom. The van der Waals surface area contributed by atoms with Gasteiger partial charge in [0.2, 0.25) is 0 Å². The van der Waals surface area contributed by atoms with E-state index in [2.05, 4.69) is 20.9 Å². The van der Waals surface area contributed by atoms with Crippen molar-refractivity contribution in [3.63, 3.8) is 0 Å². The van der Waals surface area contributed by atoms with Gasteiger partial charge in [0, 0.05) is 12.0 Å². The van der Waals surface area contributed by atoms with E-state index in [1.165, 1.54) is 12.1 Å². The first-order chi connectivity index (χ1) is 11.7. The first-order valence-corrected chi connectivity index (χ1v) is 8.39. The van der Waals surface area contributed by atoms with Crippen molar-refractivity contribution in [1.82, 2.24) is 25.6 Å². The molecule has 0 radical (unpaired) electrons. The first-order valence-electron chi connectivity index (χ1n) is 8.39. The second-order valence-electron chi connectivity index (χ2n) is 6.54. The van der Waals surface area contributed by atoms with Crippen LogP contribution in [0, 0.1) is 5.82 Å². The van der Waals surface area contributed by atoms with Crippen LogP contribution in [0.2, 0.25) is 0 Å². The lowest BCUT2D eigenvalue weighted by atomic mass is 10.1. The van der Waals surface area contributed by atoms with Crippen LogP contribution in [0.4, 0.5) is 4.39 Å². The van der Waals surface area contributed by atoms with Crippen molar-refractivity contribution in [1.29, 1.82) is 0 Å². The molecule has 1 amide bonds. The van der Waals surface area contributed by atoms with Crippen molar-refractivity contribution in [3.8, 4) is 0 Å². The average molecular weight is 366 g/mol. The Balaban J connectivity index is 0.00000182. The van der Waals surface area contributed by atoms with Crippen LogP contribution in [0.3, 0.4) is 0 Å². The van der Waals surface area contributed by atoms with Gasteiger partial charge >= 0.3 is 0 Å². The van der Waals surface area contributed by atoms with Gasteiger partial charge in [-0.05, 0) is 50.0 Å². The van der Waals surface area contributed by atoms with Gasteiger partial charge in [-0.25, -0.2) is 9.07 Å². The number of hydrogen-bond acceptors (Lipinski definition) is 4. The Morgan fingerprint density at radius 3 is 2.88 bits per heavy atom. The number of piperidine rings is 1. The summed E-state index contributed by atoms with van der Waals surface area (Å²) in [5, 5.41) is 14.4. The molecule has 0 bridgehead atoms. The third kappa shape index (κ3) is 3.99. The second kappa shape index (κ2) is 7.49. The van der Waals surface area contributed by atoms with Crippen LogP contribution in [-0.4, -0.2) is 40.0 Å². The standard InChI is InChI=1S/C17H20FN5O.ClH/c18-12-3-1-2-11(8-12)14-9-15(14)20-17(24)16-10-23(22-21-16)13-4-6-19-7-5-13;/h1-3,8,10,13-15,19H,4-7,9H2,(H,20,24);1H. The summed E-state index contributed by atoms with van der Waals surface area (Å²) in [6.45, 7) is 1.92. The number of rotatable bonds is 4. The van der Waals surface area contributed by atoms with E-state index in [1.54, 1.807) is 16.9 Å². The Bertz CT molecular complexity index is 746. The molecule has 2 fully saturated rings. The molecule has 2 aromatic rings. The van der Waals surface area contributed by atoms with Crippen LogP contribution in [-0.2, 0) is 0 Å². The van der Waals surface area contributed by atoms with E-state index >= 15 is 0 Å². The Kier molecular flexibility index (Phi) is 5.34. The minimum absolute atomic E-state index is 0. The minimum Gasteiger partial charge on any atom is -0.347 e. The van der Waals surface area contributed by atoms with Crippen LogP contribution in [0.1, 0.15) is 47.3 Å². The zero-order valence-corrected chi connectivity index (χ0v) is 14.5. The van der Waals surface area contributed by atoms with Crippen LogP contribution in [0.5, 0.6) is 0 Å². The van der Waals surface area contributed by atoms with Gasteiger partial charge in [0.25, 0.3) is 5.91 Å². The van der Waals surface area contributed by atoms with E-state index in [4.69, 9.17) is 0 Å². The number of amides is 1. The number of nitrogens with zero attached hydrogens (tertiary/aromatic N) is 3. The number of hydrogen-bond donors (Lipinski definition) is 2. The van der Waals surface area contributed by atoms with E-state index in [0.717, 1.165) is 37.9 Å². The monoisotopic (exact) mass is 365 g/mol. The van der Waals surface area contributed by atoms with Gasteiger partial charge in [-0.1, -0.05) is 17.3 Å². The largest absolute Gasteiger partial charge is 0.347 e. The number of carbonyl (C=O) groups excluding carboxylic acids is 1. The predicted molar refractivity (Wildman–Crippen MR) is 93.4 cm³/mol. The maximum Gasteiger partial charge on any atom is 0.273 e. The van der Waals surface area contributed by atoms with Gasteiger partial charge < -0.3 is 10.6 Å². The van der Waals surface area contributed by atoms with Crippen molar-refractivity contribution < 1.29 is 9.18 Å². The van der Waals surface area contributed by atoms with Crippen LogP contribution in [0.15, 0.2) is 30.5 Å². The highest BCUT2D eigenvalue weighted by Crippen LogP contribution is 2.41. The summed E-state index contributed by atoms with van der Waals surface area (Å²) in [5.41, 5.74) is 1.28. The molecule has 1 aliphatic heterocycles. The molecule has 25 heavy (non-hydrogen) atoms. The Morgan fingerprint density at radius 2 is 2.12 bits per heavy atom. The zero-order valence-electron chi connectivity index (χ0n) is 13.7. The molecule has 2 heterocycles. The average Bonchev–Trinajstić information content (AvgIpc) is 3.18. The summed E-state index contributed by atoms with van der Waals surface area (Å²) in [7, 11) is 0. The fourth-order valence-electron chi connectivity index (χ4n) is 3.33. The first kappa shape index (κ1) is 17.8. The number of halogens is 2. The Hall–Kier alpha value is -1.99. The molecule has 2 N–H and O–H groups in total. The zero-order chi connectivity index (χ0) is 16.5. The normalized spacial score (nSPS) is 22.9. The van der Waals surface area contributed by atoms with Gasteiger partial charge in [-0.3, -0.25) is 4.79 Å². The fourth-order valence-corrected chi connectivity index (χ4v) is 3.33. The quantitative estimate of drug-likeness (QED) is 0.869. The molecule has 1 aromatic carbocycles. The molecular formula is C17H21ClFN5O. The van der Waals surface area contributed by atoms with E-state index in [1.807, 2.05) is 6.07 Å². The molecule has 4 rings (SSSR count). The summed E-state index contributed by atoms with van der Waals surface area (Å²) < 4.78 is 15.1. The van der Waals surface area contributed by atoms with Gasteiger partial charge in [-0.15, -0.1) is 17.5 Å². The summed E-state index contributed by atoms with van der Waals surface area (Å²) in [4.78, 5) is 12.3. The molecule has 8 heteroatoms. The van der Waals surface area contributed by atoms with E-state index in [9.17, 15) is 9.18 Å². The second-order valence-corrected chi connectivity index (χ2v) is 6.54. The topological polar surface area (TPSA) is 71.8 Å². The van der Waals surface area contributed by atoms with E-state index < -0.39 is 0 Å².